The van der Waals surface area contributed by atoms with E-state index in [0.29, 0.717) is 16.9 Å². The highest BCUT2D eigenvalue weighted by atomic mass is 16.5. The van der Waals surface area contributed by atoms with Crippen LogP contribution in [0.4, 0.5) is 11.4 Å². The summed E-state index contributed by atoms with van der Waals surface area (Å²) >= 11 is 0. The quantitative estimate of drug-likeness (QED) is 0.138. The van der Waals surface area contributed by atoms with Gasteiger partial charge in [0.1, 0.15) is 11.5 Å². The summed E-state index contributed by atoms with van der Waals surface area (Å²) in [5.74, 6) is -6.68. The summed E-state index contributed by atoms with van der Waals surface area (Å²) in [6.07, 6.45) is 2.13. The van der Waals surface area contributed by atoms with Gasteiger partial charge in [0, 0.05) is 17.5 Å². The van der Waals surface area contributed by atoms with Crippen molar-refractivity contribution in [3.05, 3.63) is 83.9 Å². The normalized spacial score (nSPS) is 26.5. The highest BCUT2D eigenvalue weighted by Gasteiger charge is 2.62. The average molecular weight is 636 g/mol. The number of allylic oxidation sites excluding steroid dienone is 2. The molecule has 2 saturated heterocycles. The van der Waals surface area contributed by atoms with Gasteiger partial charge in [-0.15, -0.1) is 0 Å². The minimum absolute atomic E-state index is 0.0921. The maximum atomic E-state index is 14.3. The van der Waals surface area contributed by atoms with E-state index in [1.165, 1.54) is 61.7 Å². The summed E-state index contributed by atoms with van der Waals surface area (Å²) < 4.78 is 5.27. The van der Waals surface area contributed by atoms with E-state index in [9.17, 15) is 44.4 Å². The number of phenolic OH excluding ortho intramolecular Hbond substituents is 1. The number of phenols is 1. The van der Waals surface area contributed by atoms with E-state index in [0.717, 1.165) is 9.80 Å². The van der Waals surface area contributed by atoms with Crippen LogP contribution >= 0.6 is 0 Å². The molecule has 3 fully saturated rings. The van der Waals surface area contributed by atoms with Gasteiger partial charge in [-0.05, 0) is 60.0 Å². The largest absolute Gasteiger partial charge is 0.508 e. The molecular weight excluding hydrogens is 606 g/mol. The molecule has 14 heteroatoms. The lowest BCUT2D eigenvalue weighted by molar-refractivity contribution is -0.126. The molecule has 4 amide bonds. The van der Waals surface area contributed by atoms with Crippen LogP contribution in [-0.2, 0) is 19.2 Å². The van der Waals surface area contributed by atoms with Gasteiger partial charge in [-0.2, -0.15) is 0 Å². The second kappa shape index (κ2) is 11.5. The van der Waals surface area contributed by atoms with Gasteiger partial charge in [0.25, 0.3) is 0 Å². The topological polar surface area (TPSA) is 185 Å². The minimum Gasteiger partial charge on any atom is -0.508 e. The zero-order valence-corrected chi connectivity index (χ0v) is 25.1. The number of amides is 4. The molecule has 2 heterocycles. The third-order valence-electron chi connectivity index (χ3n) is 10.1. The standard InChI is InChI=1S/C33H30B2N2O10/c1-47-20-8-9-22(26(38)14-20)27-21-10-11-23-28(32(41)36(30(23)39)18-6-2-4-16(12-18)34(43)44)24(21)15-25-29(27)33(42)37(31(25)40)19-7-3-5-17(13-19)35(45)46/h2-10,12-14,23-25,27-29,38,43-46H,11,15H2,1H3. The number of hydrogen-bond donors (Lipinski definition) is 5. The Morgan fingerprint density at radius 1 is 0.702 bits per heavy atom. The number of anilines is 2. The molecule has 0 bridgehead atoms. The smallest absolute Gasteiger partial charge is 0.488 e. The van der Waals surface area contributed by atoms with Gasteiger partial charge in [-0.1, -0.05) is 42.0 Å². The molecule has 3 aromatic rings. The number of nitrogens with zero attached hydrogens (tertiary/aromatic N) is 2. The Balaban J connectivity index is 1.33. The van der Waals surface area contributed by atoms with Crippen molar-refractivity contribution in [2.75, 3.05) is 16.9 Å². The van der Waals surface area contributed by atoms with Crippen LogP contribution in [-0.4, -0.2) is 70.2 Å². The van der Waals surface area contributed by atoms with Crippen molar-refractivity contribution in [3.63, 3.8) is 0 Å². The van der Waals surface area contributed by atoms with Gasteiger partial charge in [0.05, 0.1) is 42.2 Å². The monoisotopic (exact) mass is 636 g/mol. The van der Waals surface area contributed by atoms with Crippen LogP contribution in [0.5, 0.6) is 11.5 Å². The predicted molar refractivity (Wildman–Crippen MR) is 170 cm³/mol. The van der Waals surface area contributed by atoms with Crippen LogP contribution in [0.25, 0.3) is 0 Å². The molecule has 2 aliphatic heterocycles. The first-order chi connectivity index (χ1) is 22.5. The number of methoxy groups -OCH3 is 1. The summed E-state index contributed by atoms with van der Waals surface area (Å²) in [7, 11) is -2.18. The Labute approximate surface area is 269 Å². The summed E-state index contributed by atoms with van der Waals surface area (Å²) in [6.45, 7) is 0. The number of benzene rings is 3. The molecule has 6 unspecified atom stereocenters. The molecule has 0 aromatic heterocycles. The van der Waals surface area contributed by atoms with E-state index in [1.54, 1.807) is 12.1 Å². The number of ether oxygens (including phenoxy) is 1. The zero-order valence-electron chi connectivity index (χ0n) is 25.1. The Bertz CT molecular complexity index is 1860. The number of rotatable bonds is 6. The van der Waals surface area contributed by atoms with Crippen molar-refractivity contribution < 1.29 is 49.1 Å². The van der Waals surface area contributed by atoms with Crippen LogP contribution in [0.2, 0.25) is 0 Å². The van der Waals surface area contributed by atoms with Gasteiger partial charge in [-0.25, -0.2) is 0 Å². The molecule has 238 valence electrons. The molecule has 1 saturated carbocycles. The number of fused-ring (bicyclic) bond motifs is 4. The maximum Gasteiger partial charge on any atom is 0.488 e. The second-order valence-electron chi connectivity index (χ2n) is 12.4. The van der Waals surface area contributed by atoms with Crippen LogP contribution in [0.15, 0.2) is 78.4 Å². The number of carbonyl (C=O) groups is 4. The molecular formula is C33H30B2N2O10. The average Bonchev–Trinajstić information content (AvgIpc) is 3.47. The zero-order chi connectivity index (χ0) is 33.3. The van der Waals surface area contributed by atoms with Crippen molar-refractivity contribution in [1.82, 2.24) is 0 Å². The molecule has 7 rings (SSSR count). The van der Waals surface area contributed by atoms with E-state index in [-0.39, 0.29) is 40.9 Å². The fraction of sp³-hybridized carbons (Fsp3) is 0.273. The van der Waals surface area contributed by atoms with Gasteiger partial charge >= 0.3 is 14.2 Å². The number of aromatic hydroxyl groups is 1. The third-order valence-corrected chi connectivity index (χ3v) is 10.1. The van der Waals surface area contributed by atoms with Crippen LogP contribution in [0, 0.1) is 29.6 Å². The van der Waals surface area contributed by atoms with E-state index >= 15 is 0 Å². The first-order valence-electron chi connectivity index (χ1n) is 15.3. The van der Waals surface area contributed by atoms with E-state index in [4.69, 9.17) is 4.74 Å². The molecule has 5 N–H and O–H groups in total. The Morgan fingerprint density at radius 3 is 1.83 bits per heavy atom. The highest BCUT2D eigenvalue weighted by molar-refractivity contribution is 6.59. The lowest BCUT2D eigenvalue weighted by Gasteiger charge is -2.44. The molecule has 4 aliphatic rings. The van der Waals surface area contributed by atoms with Crippen molar-refractivity contribution in [2.45, 2.75) is 18.8 Å². The second-order valence-corrected chi connectivity index (χ2v) is 12.4. The first kappa shape index (κ1) is 30.9. The van der Waals surface area contributed by atoms with E-state index in [1.807, 2.05) is 6.08 Å². The molecule has 47 heavy (non-hydrogen) atoms. The van der Waals surface area contributed by atoms with Gasteiger partial charge in [-0.3, -0.25) is 29.0 Å². The fourth-order valence-corrected chi connectivity index (χ4v) is 8.01. The highest BCUT2D eigenvalue weighted by Crippen LogP contribution is 2.59. The number of hydrogen-bond acceptors (Lipinski definition) is 10. The van der Waals surface area contributed by atoms with Crippen molar-refractivity contribution in [3.8, 4) is 11.5 Å². The lowest BCUT2D eigenvalue weighted by atomic mass is 9.57. The van der Waals surface area contributed by atoms with Gasteiger partial charge in [0.15, 0.2) is 0 Å². The van der Waals surface area contributed by atoms with Crippen LogP contribution in [0.3, 0.4) is 0 Å². The van der Waals surface area contributed by atoms with Crippen LogP contribution in [0.1, 0.15) is 24.3 Å². The van der Waals surface area contributed by atoms with Crippen molar-refractivity contribution >= 4 is 60.2 Å². The fourth-order valence-electron chi connectivity index (χ4n) is 8.01. The summed E-state index contributed by atoms with van der Waals surface area (Å²) in [5.41, 5.74) is 1.62. The van der Waals surface area contributed by atoms with Gasteiger partial charge in [0.2, 0.25) is 23.6 Å². The maximum absolute atomic E-state index is 14.3. The SMILES string of the molecule is COc1ccc(C2C3=CCC4C(=O)N(c5cccc(B(O)O)c5)C(=O)C4C3CC3C(=O)N(c4cccc(B(O)O)c4)C(=O)C32)c(O)c1. The summed E-state index contributed by atoms with van der Waals surface area (Å²) in [5, 5.41) is 50.1. The molecule has 6 atom stereocenters. The Hall–Kier alpha value is -4.75. The minimum atomic E-state index is -1.82. The molecule has 0 spiro atoms. The predicted octanol–water partition coefficient (Wildman–Crippen LogP) is -0.194. The van der Waals surface area contributed by atoms with E-state index in [2.05, 4.69) is 0 Å². The molecule has 0 radical (unpaired) electrons. The Morgan fingerprint density at radius 2 is 1.28 bits per heavy atom. The molecule has 12 nitrogen and oxygen atoms in total. The van der Waals surface area contributed by atoms with E-state index < -0.39 is 73.4 Å². The first-order valence-corrected chi connectivity index (χ1v) is 15.3. The Kier molecular flexibility index (Phi) is 7.55. The molecule has 2 aliphatic carbocycles. The lowest BCUT2D eigenvalue weighted by Crippen LogP contribution is -2.43. The summed E-state index contributed by atoms with van der Waals surface area (Å²) in [4.78, 5) is 58.5. The van der Waals surface area contributed by atoms with Crippen LogP contribution < -0.4 is 25.5 Å². The number of carbonyl (C=O) groups excluding carboxylic acids is 4. The van der Waals surface area contributed by atoms with Crippen molar-refractivity contribution in [1.29, 1.82) is 0 Å². The summed E-state index contributed by atoms with van der Waals surface area (Å²) in [6, 6.07) is 16.4. The molecule has 3 aromatic carbocycles. The van der Waals surface area contributed by atoms with Crippen molar-refractivity contribution in [2.24, 2.45) is 29.6 Å². The van der Waals surface area contributed by atoms with Gasteiger partial charge < -0.3 is 29.9 Å². The number of imide groups is 2. The third kappa shape index (κ3) is 4.78.